The number of halogens is 1. The normalized spacial score (nSPS) is 34.9. The van der Waals surface area contributed by atoms with Gasteiger partial charge < -0.3 is 30.7 Å². The summed E-state index contributed by atoms with van der Waals surface area (Å²) in [6.07, 6.45) is -1.34. The summed E-state index contributed by atoms with van der Waals surface area (Å²) in [5, 5.41) is 32.5. The van der Waals surface area contributed by atoms with E-state index in [0.29, 0.717) is 23.0 Å². The number of nitrogens with zero attached hydrogens (tertiary/aromatic N) is 4. The van der Waals surface area contributed by atoms with Crippen molar-refractivity contribution in [1.82, 2.24) is 4.90 Å². The van der Waals surface area contributed by atoms with Crippen LogP contribution in [-0.4, -0.2) is 81.6 Å². The van der Waals surface area contributed by atoms with E-state index in [4.69, 9.17) is 22.1 Å². The number of aliphatic hydroxyl groups excluding tert-OH is 3. The molecule has 0 amide bonds. The molecule has 9 nitrogen and oxygen atoms in total. The van der Waals surface area contributed by atoms with Crippen LogP contribution in [0.1, 0.15) is 18.2 Å². The fourth-order valence-electron chi connectivity index (χ4n) is 4.04. The molecule has 5 N–H and O–H groups in total. The van der Waals surface area contributed by atoms with Crippen LogP contribution in [0.5, 0.6) is 0 Å². The van der Waals surface area contributed by atoms with Crippen molar-refractivity contribution in [2.45, 2.75) is 50.0 Å². The summed E-state index contributed by atoms with van der Waals surface area (Å²) in [6.45, 7) is 1.81. The van der Waals surface area contributed by atoms with E-state index in [9.17, 15) is 15.3 Å². The van der Waals surface area contributed by atoms with Crippen molar-refractivity contribution in [1.29, 1.82) is 0 Å². The Labute approximate surface area is 177 Å². The monoisotopic (exact) mass is 441 g/mol. The maximum atomic E-state index is 10.4. The van der Waals surface area contributed by atoms with Crippen molar-refractivity contribution >= 4 is 40.8 Å². The summed E-state index contributed by atoms with van der Waals surface area (Å²) in [7, 11) is 0. The molecule has 0 spiro atoms. The van der Waals surface area contributed by atoms with Crippen LogP contribution in [0.25, 0.3) is 0 Å². The Morgan fingerprint density at radius 1 is 1.45 bits per heavy atom. The van der Waals surface area contributed by atoms with E-state index in [1.807, 2.05) is 18.4 Å². The van der Waals surface area contributed by atoms with Gasteiger partial charge in [0, 0.05) is 10.8 Å². The first-order valence-electron chi connectivity index (χ1n) is 9.47. The molecular formula is C18H24ClN5O4S. The maximum absolute atomic E-state index is 10.4. The molecule has 3 aliphatic heterocycles. The van der Waals surface area contributed by atoms with Gasteiger partial charge in [0.2, 0.25) is 0 Å². The van der Waals surface area contributed by atoms with Crippen molar-refractivity contribution in [3.05, 3.63) is 21.3 Å². The molecule has 3 aliphatic rings. The Morgan fingerprint density at radius 2 is 2.24 bits per heavy atom. The van der Waals surface area contributed by atoms with Crippen LogP contribution < -0.4 is 5.73 Å². The summed E-state index contributed by atoms with van der Waals surface area (Å²) in [6, 6.07) is 1.87. The molecule has 0 aromatic carbocycles. The van der Waals surface area contributed by atoms with Gasteiger partial charge in [-0.15, -0.1) is 11.3 Å². The van der Waals surface area contributed by atoms with Gasteiger partial charge in [0.05, 0.1) is 11.6 Å². The third kappa shape index (κ3) is 3.42. The number of aliphatic hydroxyl groups is 3. The first-order chi connectivity index (χ1) is 13.9. The second-order valence-corrected chi connectivity index (χ2v) is 8.78. The number of aliphatic imine (C=N–C) groups is 3. The van der Waals surface area contributed by atoms with E-state index >= 15 is 0 Å². The lowest BCUT2D eigenvalue weighted by Crippen LogP contribution is -2.59. The van der Waals surface area contributed by atoms with Crippen molar-refractivity contribution in [2.24, 2.45) is 26.6 Å². The van der Waals surface area contributed by atoms with Crippen LogP contribution in [0.3, 0.4) is 0 Å². The van der Waals surface area contributed by atoms with E-state index in [2.05, 4.69) is 15.0 Å². The zero-order chi connectivity index (χ0) is 20.8. The molecule has 11 heteroatoms. The first-order valence-corrected chi connectivity index (χ1v) is 10.7. The lowest BCUT2D eigenvalue weighted by Gasteiger charge is -2.37. The third-order valence-corrected chi connectivity index (χ3v) is 7.17. The minimum Gasteiger partial charge on any atom is -0.394 e. The van der Waals surface area contributed by atoms with Crippen molar-refractivity contribution in [3.63, 3.8) is 0 Å². The second-order valence-electron chi connectivity index (χ2n) is 7.37. The molecule has 29 heavy (non-hydrogen) atoms. The fourth-order valence-corrected chi connectivity index (χ4v) is 5.24. The molecule has 158 valence electrons. The second kappa shape index (κ2) is 8.03. The zero-order valence-electron chi connectivity index (χ0n) is 15.8. The van der Waals surface area contributed by atoms with Crippen molar-refractivity contribution in [2.75, 3.05) is 13.3 Å². The molecule has 1 saturated heterocycles. The van der Waals surface area contributed by atoms with Gasteiger partial charge in [0.15, 0.2) is 17.7 Å². The number of hydrogen-bond acceptors (Lipinski definition) is 10. The highest BCUT2D eigenvalue weighted by molar-refractivity contribution is 7.10. The van der Waals surface area contributed by atoms with E-state index in [0.717, 1.165) is 11.3 Å². The van der Waals surface area contributed by atoms with Gasteiger partial charge in [0.25, 0.3) is 0 Å². The number of hydrogen-bond donors (Lipinski definition) is 4. The maximum Gasteiger partial charge on any atom is 0.162 e. The number of ether oxygens (including phenoxy) is 1. The Morgan fingerprint density at radius 3 is 2.86 bits per heavy atom. The zero-order valence-corrected chi connectivity index (χ0v) is 17.4. The molecule has 4 rings (SSSR count). The molecule has 0 aliphatic carbocycles. The quantitative estimate of drug-likeness (QED) is 0.498. The Bertz CT molecular complexity index is 861. The van der Waals surface area contributed by atoms with Crippen LogP contribution in [0, 0.1) is 5.92 Å². The Balaban J connectivity index is 1.58. The lowest BCUT2D eigenvalue weighted by molar-refractivity contribution is -0.0688. The Hall–Kier alpha value is -1.40. The van der Waals surface area contributed by atoms with E-state index in [1.54, 1.807) is 16.2 Å². The van der Waals surface area contributed by atoms with E-state index in [-0.39, 0.29) is 12.6 Å². The minimum absolute atomic E-state index is 0.0655. The fraction of sp³-hybridized carbons (Fsp3) is 0.611. The number of amidine groups is 1. The van der Waals surface area contributed by atoms with E-state index < -0.39 is 36.8 Å². The van der Waals surface area contributed by atoms with Gasteiger partial charge in [-0.25, -0.2) is 9.98 Å². The van der Waals surface area contributed by atoms with Crippen LogP contribution >= 0.6 is 22.9 Å². The predicted molar refractivity (Wildman–Crippen MR) is 112 cm³/mol. The average Bonchev–Trinajstić information content (AvgIpc) is 3.39. The standard InChI is InChI=1S/C18H24ClN5O4S/c1-2-9(5-12-10(19)3-4-29-12)18(20)15-16(21-7-23-18)24(8-22-15)17-14(27)13(26)11(6-25)28-17/h3-4,7,9,11,13-14,17,25-27H,2,5-6,8,20H2,1H3/t9?,11-,13-,14-,17-,18?/m1/s1. The number of fused-ring (bicyclic) bond motifs is 1. The van der Waals surface area contributed by atoms with Gasteiger partial charge in [-0.05, 0) is 24.3 Å². The molecule has 0 bridgehead atoms. The van der Waals surface area contributed by atoms with Crippen LogP contribution in [0.15, 0.2) is 26.4 Å². The highest BCUT2D eigenvalue weighted by atomic mass is 35.5. The molecular weight excluding hydrogens is 418 g/mol. The SMILES string of the molecule is CCC(Cc1sccc1Cl)C1(N)N=CN=C2C1=NCN2[C@@H]1O[C@H](CO)[C@@H](O)[C@H]1O. The molecule has 2 unspecified atom stereocenters. The topological polar surface area (TPSA) is 136 Å². The van der Waals surface area contributed by atoms with Crippen LogP contribution in [0.2, 0.25) is 5.02 Å². The van der Waals surface area contributed by atoms with E-state index in [1.165, 1.54) is 6.34 Å². The molecule has 4 heterocycles. The van der Waals surface area contributed by atoms with Crippen LogP contribution in [0.4, 0.5) is 0 Å². The highest BCUT2D eigenvalue weighted by Gasteiger charge is 2.52. The summed E-state index contributed by atoms with van der Waals surface area (Å²) in [5.74, 6) is 0.400. The van der Waals surface area contributed by atoms with Gasteiger partial charge in [-0.1, -0.05) is 18.5 Å². The summed E-state index contributed by atoms with van der Waals surface area (Å²) in [5.41, 5.74) is 6.21. The lowest BCUT2D eigenvalue weighted by atomic mass is 9.83. The van der Waals surface area contributed by atoms with Crippen molar-refractivity contribution < 1.29 is 20.1 Å². The first kappa shape index (κ1) is 20.9. The average molecular weight is 442 g/mol. The summed E-state index contributed by atoms with van der Waals surface area (Å²) in [4.78, 5) is 16.1. The number of nitrogens with two attached hydrogens (primary N) is 1. The minimum atomic E-state index is -1.21. The highest BCUT2D eigenvalue weighted by Crippen LogP contribution is 2.35. The third-order valence-electron chi connectivity index (χ3n) is 5.76. The predicted octanol–water partition coefficient (Wildman–Crippen LogP) is 0.219. The molecule has 1 fully saturated rings. The molecule has 0 saturated carbocycles. The number of thiophene rings is 1. The van der Waals surface area contributed by atoms with Gasteiger partial charge in [0.1, 0.15) is 37.0 Å². The largest absolute Gasteiger partial charge is 0.394 e. The molecule has 1 aromatic rings. The smallest absolute Gasteiger partial charge is 0.162 e. The molecule has 6 atom stereocenters. The molecule has 1 aromatic heterocycles. The van der Waals surface area contributed by atoms with Crippen LogP contribution in [-0.2, 0) is 11.2 Å². The van der Waals surface area contributed by atoms with Gasteiger partial charge >= 0.3 is 0 Å². The van der Waals surface area contributed by atoms with Crippen molar-refractivity contribution in [3.8, 4) is 0 Å². The Kier molecular flexibility index (Phi) is 5.77. The summed E-state index contributed by atoms with van der Waals surface area (Å²) >= 11 is 7.86. The summed E-state index contributed by atoms with van der Waals surface area (Å²) < 4.78 is 5.64. The van der Waals surface area contributed by atoms with Gasteiger partial charge in [-0.3, -0.25) is 4.99 Å². The number of rotatable bonds is 6. The van der Waals surface area contributed by atoms with Gasteiger partial charge in [-0.2, -0.15) is 0 Å². The molecule has 0 radical (unpaired) electrons.